The number of hydrogen-bond acceptors (Lipinski definition) is 5. The van der Waals surface area contributed by atoms with E-state index in [1.165, 1.54) is 10.4 Å². The molecule has 2 heterocycles. The molecule has 1 aromatic carbocycles. The summed E-state index contributed by atoms with van der Waals surface area (Å²) in [4.78, 5) is 10.4. The molecule has 6 nitrogen and oxygen atoms in total. The van der Waals surface area contributed by atoms with Crippen LogP contribution < -0.4 is 20.1 Å². The number of guanidine groups is 1. The van der Waals surface area contributed by atoms with E-state index >= 15 is 0 Å². The van der Waals surface area contributed by atoms with E-state index in [4.69, 9.17) is 14.5 Å². The fourth-order valence-electron chi connectivity index (χ4n) is 3.20. The summed E-state index contributed by atoms with van der Waals surface area (Å²) in [6, 6.07) is 4.13. The van der Waals surface area contributed by atoms with E-state index in [2.05, 4.69) is 41.6 Å². The second-order valence-electron chi connectivity index (χ2n) is 6.69. The predicted octanol–water partition coefficient (Wildman–Crippen LogP) is 3.35. The van der Waals surface area contributed by atoms with E-state index in [1.54, 1.807) is 18.4 Å². The van der Waals surface area contributed by atoms with Crippen LogP contribution in [-0.4, -0.2) is 30.7 Å². The van der Waals surface area contributed by atoms with Gasteiger partial charge in [0.1, 0.15) is 17.6 Å². The van der Waals surface area contributed by atoms with Gasteiger partial charge in [-0.3, -0.25) is 0 Å². The molecule has 0 saturated carbocycles. The number of ether oxygens (including phenoxy) is 2. The van der Waals surface area contributed by atoms with Crippen molar-refractivity contribution in [2.45, 2.75) is 53.3 Å². The van der Waals surface area contributed by atoms with Gasteiger partial charge in [0.2, 0.25) is 0 Å². The Balaban J connectivity index is 1.73. The Labute approximate surface area is 165 Å². The average molecular weight is 389 g/mol. The summed E-state index contributed by atoms with van der Waals surface area (Å²) in [6.07, 6.45) is 1.14. The van der Waals surface area contributed by atoms with Crippen molar-refractivity contribution in [2.24, 2.45) is 4.99 Å². The summed E-state index contributed by atoms with van der Waals surface area (Å²) in [5.74, 6) is 2.59. The van der Waals surface area contributed by atoms with E-state index in [9.17, 15) is 0 Å². The van der Waals surface area contributed by atoms with Gasteiger partial charge < -0.3 is 20.1 Å². The van der Waals surface area contributed by atoms with Crippen molar-refractivity contribution >= 4 is 17.3 Å². The molecular weight excluding hydrogens is 360 g/mol. The molecule has 7 heteroatoms. The van der Waals surface area contributed by atoms with Gasteiger partial charge in [-0.2, -0.15) is 0 Å². The lowest BCUT2D eigenvalue weighted by atomic mass is 10.1. The minimum absolute atomic E-state index is 0.216. The minimum Gasteiger partial charge on any atom is -0.496 e. The van der Waals surface area contributed by atoms with Crippen LogP contribution in [0.15, 0.2) is 17.1 Å². The number of aromatic nitrogens is 1. The van der Waals surface area contributed by atoms with Crippen LogP contribution in [0.2, 0.25) is 0 Å². The summed E-state index contributed by atoms with van der Waals surface area (Å²) >= 11 is 1.72. The molecule has 1 aliphatic heterocycles. The first-order valence-corrected chi connectivity index (χ1v) is 10.1. The van der Waals surface area contributed by atoms with Crippen LogP contribution in [0.25, 0.3) is 0 Å². The highest BCUT2D eigenvalue weighted by Gasteiger charge is 2.21. The molecule has 1 atom stereocenters. The zero-order valence-electron chi connectivity index (χ0n) is 16.7. The van der Waals surface area contributed by atoms with Crippen molar-refractivity contribution in [2.75, 3.05) is 13.7 Å². The molecule has 1 unspecified atom stereocenters. The number of thiazole rings is 1. The zero-order valence-corrected chi connectivity index (χ0v) is 17.5. The van der Waals surface area contributed by atoms with Gasteiger partial charge in [0, 0.05) is 29.0 Å². The van der Waals surface area contributed by atoms with Crippen LogP contribution in [0.5, 0.6) is 11.5 Å². The molecule has 0 aliphatic carbocycles. The first kappa shape index (κ1) is 19.5. The first-order chi connectivity index (χ1) is 13.0. The maximum absolute atomic E-state index is 5.88. The van der Waals surface area contributed by atoms with Crippen molar-refractivity contribution in [1.29, 1.82) is 0 Å². The van der Waals surface area contributed by atoms with Crippen LogP contribution in [0.3, 0.4) is 0 Å². The summed E-state index contributed by atoms with van der Waals surface area (Å²) in [5.41, 5.74) is 3.30. The van der Waals surface area contributed by atoms with E-state index in [0.29, 0.717) is 13.1 Å². The molecule has 0 amide bonds. The topological polar surface area (TPSA) is 67.8 Å². The van der Waals surface area contributed by atoms with Crippen molar-refractivity contribution in [3.8, 4) is 11.5 Å². The maximum Gasteiger partial charge on any atom is 0.191 e. The third-order valence-electron chi connectivity index (χ3n) is 4.47. The van der Waals surface area contributed by atoms with Crippen molar-refractivity contribution < 1.29 is 9.47 Å². The minimum atomic E-state index is 0.216. The fraction of sp³-hybridized carbons (Fsp3) is 0.500. The quantitative estimate of drug-likeness (QED) is 0.587. The molecule has 0 radical (unpaired) electrons. The Morgan fingerprint density at radius 2 is 2.19 bits per heavy atom. The van der Waals surface area contributed by atoms with E-state index in [-0.39, 0.29) is 6.10 Å². The lowest BCUT2D eigenvalue weighted by Crippen LogP contribution is -2.36. The Kier molecular flexibility index (Phi) is 6.21. The normalized spacial score (nSPS) is 16.0. The summed E-state index contributed by atoms with van der Waals surface area (Å²) in [6.45, 7) is 10.2. The van der Waals surface area contributed by atoms with Gasteiger partial charge in [0.05, 0.1) is 30.9 Å². The number of nitrogens with one attached hydrogen (secondary N) is 2. The summed E-state index contributed by atoms with van der Waals surface area (Å²) < 4.78 is 11.5. The molecule has 1 aromatic heterocycles. The summed E-state index contributed by atoms with van der Waals surface area (Å²) in [7, 11) is 1.70. The van der Waals surface area contributed by atoms with Gasteiger partial charge >= 0.3 is 0 Å². The number of fused-ring (bicyclic) bond motifs is 1. The number of hydrogen-bond donors (Lipinski definition) is 2. The van der Waals surface area contributed by atoms with E-state index in [1.807, 2.05) is 13.8 Å². The second kappa shape index (κ2) is 8.61. The smallest absolute Gasteiger partial charge is 0.191 e. The Hall–Kier alpha value is -2.28. The van der Waals surface area contributed by atoms with Gasteiger partial charge in [-0.15, -0.1) is 11.3 Å². The molecule has 27 heavy (non-hydrogen) atoms. The predicted molar refractivity (Wildman–Crippen MR) is 110 cm³/mol. The van der Waals surface area contributed by atoms with Gasteiger partial charge in [-0.25, -0.2) is 9.98 Å². The highest BCUT2D eigenvalue weighted by molar-refractivity contribution is 7.11. The number of methoxy groups -OCH3 is 1. The SMILES string of the molecule is CCNC(=NCc1cc2c(cc1OC)CC(C)O2)NCc1sc(C)nc1C. The molecule has 2 aromatic rings. The lowest BCUT2D eigenvalue weighted by molar-refractivity contribution is 0.254. The number of aryl methyl sites for hydroxylation is 2. The number of rotatable bonds is 6. The van der Waals surface area contributed by atoms with Crippen molar-refractivity contribution in [3.63, 3.8) is 0 Å². The van der Waals surface area contributed by atoms with Crippen LogP contribution in [0, 0.1) is 13.8 Å². The molecule has 3 rings (SSSR count). The summed E-state index contributed by atoms with van der Waals surface area (Å²) in [5, 5.41) is 7.78. The molecule has 1 aliphatic rings. The highest BCUT2D eigenvalue weighted by Crippen LogP contribution is 2.35. The molecule has 0 spiro atoms. The molecular formula is C20H28N4O2S. The zero-order chi connectivity index (χ0) is 19.4. The maximum atomic E-state index is 5.88. The largest absolute Gasteiger partial charge is 0.496 e. The molecule has 0 fully saturated rings. The third kappa shape index (κ3) is 4.71. The lowest BCUT2D eigenvalue weighted by Gasteiger charge is -2.13. The van der Waals surface area contributed by atoms with Crippen molar-refractivity contribution in [1.82, 2.24) is 15.6 Å². The van der Waals surface area contributed by atoms with Crippen molar-refractivity contribution in [3.05, 3.63) is 38.8 Å². The molecule has 2 N–H and O–H groups in total. The Morgan fingerprint density at radius 3 is 2.85 bits per heavy atom. The number of aliphatic imine (C=N–C) groups is 1. The molecule has 146 valence electrons. The van der Waals surface area contributed by atoms with Gasteiger partial charge in [0.15, 0.2) is 5.96 Å². The monoisotopic (exact) mass is 388 g/mol. The standard InChI is InChI=1S/C20H28N4O2S/c1-6-21-20(23-11-19-13(3)24-14(4)27-19)22-10-16-9-18-15(7-12(2)26-18)8-17(16)25-5/h8-9,12H,6-7,10-11H2,1-5H3,(H2,21,22,23). The van der Waals surface area contributed by atoms with Crippen LogP contribution in [0.1, 0.15) is 40.6 Å². The van der Waals surface area contributed by atoms with Gasteiger partial charge in [0.25, 0.3) is 0 Å². The molecule has 0 saturated heterocycles. The Bertz CT molecular complexity index is 832. The number of nitrogens with zero attached hydrogens (tertiary/aromatic N) is 2. The highest BCUT2D eigenvalue weighted by atomic mass is 32.1. The van der Waals surface area contributed by atoms with E-state index < -0.39 is 0 Å². The van der Waals surface area contributed by atoms with Crippen LogP contribution >= 0.6 is 11.3 Å². The van der Waals surface area contributed by atoms with Crippen LogP contribution in [0.4, 0.5) is 0 Å². The van der Waals surface area contributed by atoms with E-state index in [0.717, 1.165) is 46.7 Å². The molecule has 0 bridgehead atoms. The fourth-order valence-corrected chi connectivity index (χ4v) is 4.08. The average Bonchev–Trinajstić information content (AvgIpc) is 3.15. The number of benzene rings is 1. The van der Waals surface area contributed by atoms with Gasteiger partial charge in [-0.05, 0) is 39.8 Å². The third-order valence-corrected chi connectivity index (χ3v) is 5.54. The Morgan fingerprint density at radius 1 is 1.37 bits per heavy atom. The first-order valence-electron chi connectivity index (χ1n) is 9.31. The van der Waals surface area contributed by atoms with Crippen LogP contribution in [-0.2, 0) is 19.5 Å². The second-order valence-corrected chi connectivity index (χ2v) is 7.98. The van der Waals surface area contributed by atoms with Gasteiger partial charge in [-0.1, -0.05) is 0 Å².